The molecule has 0 amide bonds. The minimum atomic E-state index is -3.99. The van der Waals surface area contributed by atoms with Gasteiger partial charge in [0.05, 0.1) is 17.0 Å². The van der Waals surface area contributed by atoms with Crippen LogP contribution < -0.4 is 4.72 Å². The molecule has 0 atom stereocenters. The molecule has 0 spiro atoms. The molecule has 2 N–H and O–H groups in total. The van der Waals surface area contributed by atoms with E-state index in [0.717, 1.165) is 31.4 Å². The van der Waals surface area contributed by atoms with Crippen molar-refractivity contribution in [2.75, 3.05) is 6.61 Å². The summed E-state index contributed by atoms with van der Waals surface area (Å²) < 4.78 is 52.9. The molecule has 1 aliphatic rings. The zero-order valence-electron chi connectivity index (χ0n) is 10.9. The fourth-order valence-electron chi connectivity index (χ4n) is 2.51. The molecule has 2 rings (SSSR count). The van der Waals surface area contributed by atoms with Gasteiger partial charge >= 0.3 is 0 Å². The lowest BCUT2D eigenvalue weighted by molar-refractivity contribution is 0.142. The van der Waals surface area contributed by atoms with Crippen molar-refractivity contribution in [3.05, 3.63) is 29.8 Å². The largest absolute Gasteiger partial charge is 0.394 e. The summed E-state index contributed by atoms with van der Waals surface area (Å²) in [4.78, 5) is -0.338. The molecule has 0 unspecified atom stereocenters. The maximum Gasteiger partial charge on any atom is 0.241 e. The normalized spacial score (nSPS) is 18.9. The second-order valence-electron chi connectivity index (χ2n) is 5.18. The third-order valence-corrected chi connectivity index (χ3v) is 5.24. The van der Waals surface area contributed by atoms with Crippen LogP contribution in [0.1, 0.15) is 32.1 Å². The predicted molar refractivity (Wildman–Crippen MR) is 69.6 cm³/mol. The zero-order valence-corrected chi connectivity index (χ0v) is 11.7. The van der Waals surface area contributed by atoms with Crippen LogP contribution in [0.4, 0.5) is 8.78 Å². The van der Waals surface area contributed by atoms with E-state index in [2.05, 4.69) is 4.72 Å². The van der Waals surface area contributed by atoms with Crippen LogP contribution in [0.5, 0.6) is 0 Å². The van der Waals surface area contributed by atoms with Gasteiger partial charge in [-0.25, -0.2) is 21.9 Å². The molecule has 0 heterocycles. The summed E-state index contributed by atoms with van der Waals surface area (Å²) in [6, 6.07) is 2.43. The van der Waals surface area contributed by atoms with Crippen LogP contribution in [0.25, 0.3) is 0 Å². The summed E-state index contributed by atoms with van der Waals surface area (Å²) in [6.07, 6.45) is 3.70. The second-order valence-corrected chi connectivity index (χ2v) is 6.86. The molecule has 112 valence electrons. The van der Waals surface area contributed by atoms with Crippen molar-refractivity contribution in [2.24, 2.45) is 0 Å². The molecule has 20 heavy (non-hydrogen) atoms. The van der Waals surface area contributed by atoms with Gasteiger partial charge in [-0.2, -0.15) is 0 Å². The van der Waals surface area contributed by atoms with Crippen molar-refractivity contribution in [1.29, 1.82) is 0 Å². The number of rotatable bonds is 4. The molecule has 1 aromatic carbocycles. The number of nitrogens with one attached hydrogen (secondary N) is 1. The summed E-state index contributed by atoms with van der Waals surface area (Å²) in [6.45, 7) is -0.310. The van der Waals surface area contributed by atoms with Crippen molar-refractivity contribution in [1.82, 2.24) is 4.72 Å². The zero-order chi connectivity index (χ0) is 14.8. The topological polar surface area (TPSA) is 66.4 Å². The first-order valence-electron chi connectivity index (χ1n) is 6.48. The lowest BCUT2D eigenvalue weighted by Crippen LogP contribution is -2.52. The van der Waals surface area contributed by atoms with Crippen LogP contribution >= 0.6 is 0 Å². The van der Waals surface area contributed by atoms with Gasteiger partial charge < -0.3 is 5.11 Å². The average Bonchev–Trinajstić information content (AvgIpc) is 2.42. The minimum absolute atomic E-state index is 0.310. The summed E-state index contributed by atoms with van der Waals surface area (Å²) in [5.41, 5.74) is -0.901. The molecule has 1 aromatic rings. The van der Waals surface area contributed by atoms with Gasteiger partial charge in [-0.15, -0.1) is 0 Å². The first-order chi connectivity index (χ1) is 9.38. The van der Waals surface area contributed by atoms with E-state index in [9.17, 15) is 22.3 Å². The number of hydrogen-bond acceptors (Lipinski definition) is 3. The van der Waals surface area contributed by atoms with E-state index < -0.39 is 27.2 Å². The Morgan fingerprint density at radius 2 is 1.80 bits per heavy atom. The number of halogens is 2. The molecule has 0 radical (unpaired) electrons. The Morgan fingerprint density at radius 3 is 2.35 bits per heavy atom. The number of aliphatic hydroxyl groups is 1. The van der Waals surface area contributed by atoms with Gasteiger partial charge in [0.2, 0.25) is 10.0 Å². The molecule has 0 aromatic heterocycles. The van der Waals surface area contributed by atoms with Gasteiger partial charge in [0, 0.05) is 0 Å². The Labute approximate surface area is 116 Å². The Kier molecular flexibility index (Phi) is 4.41. The third kappa shape index (κ3) is 3.16. The van der Waals surface area contributed by atoms with E-state index in [1.54, 1.807) is 0 Å². The maximum atomic E-state index is 13.1. The average molecular weight is 305 g/mol. The molecular weight excluding hydrogens is 288 g/mol. The quantitative estimate of drug-likeness (QED) is 0.893. The second kappa shape index (κ2) is 5.75. The highest BCUT2D eigenvalue weighted by molar-refractivity contribution is 7.89. The summed E-state index contributed by atoms with van der Waals surface area (Å²) in [5, 5.41) is 9.49. The van der Waals surface area contributed by atoms with Gasteiger partial charge in [0.1, 0.15) is 0 Å². The smallest absolute Gasteiger partial charge is 0.241 e. The van der Waals surface area contributed by atoms with E-state index in [1.165, 1.54) is 0 Å². The Morgan fingerprint density at radius 1 is 1.15 bits per heavy atom. The monoisotopic (exact) mass is 305 g/mol. The first kappa shape index (κ1) is 15.3. The van der Waals surface area contributed by atoms with Gasteiger partial charge in [0.15, 0.2) is 11.6 Å². The van der Waals surface area contributed by atoms with Crippen LogP contribution in [0, 0.1) is 11.6 Å². The minimum Gasteiger partial charge on any atom is -0.394 e. The highest BCUT2D eigenvalue weighted by Crippen LogP contribution is 2.29. The van der Waals surface area contributed by atoms with Gasteiger partial charge in [-0.05, 0) is 31.0 Å². The van der Waals surface area contributed by atoms with Crippen LogP contribution in [0.15, 0.2) is 23.1 Å². The van der Waals surface area contributed by atoms with E-state index in [0.29, 0.717) is 18.9 Å². The molecule has 4 nitrogen and oxygen atoms in total. The van der Waals surface area contributed by atoms with Crippen LogP contribution in [0.2, 0.25) is 0 Å². The molecule has 1 fully saturated rings. The van der Waals surface area contributed by atoms with Crippen LogP contribution in [0.3, 0.4) is 0 Å². The Hall–Kier alpha value is -1.05. The molecule has 0 saturated heterocycles. The van der Waals surface area contributed by atoms with Gasteiger partial charge in [0.25, 0.3) is 0 Å². The molecule has 0 bridgehead atoms. The van der Waals surface area contributed by atoms with E-state index in [4.69, 9.17) is 0 Å². The van der Waals surface area contributed by atoms with Crippen LogP contribution in [-0.2, 0) is 10.0 Å². The van der Waals surface area contributed by atoms with Gasteiger partial charge in [-0.3, -0.25) is 0 Å². The van der Waals surface area contributed by atoms with Crippen molar-refractivity contribution in [3.8, 4) is 0 Å². The Balaban J connectivity index is 2.27. The van der Waals surface area contributed by atoms with Crippen molar-refractivity contribution < 1.29 is 22.3 Å². The lowest BCUT2D eigenvalue weighted by atomic mass is 9.83. The standard InChI is InChI=1S/C13H17F2NO3S/c14-11-5-4-10(8-12(11)15)20(18,19)16-13(9-17)6-2-1-3-7-13/h4-5,8,16-17H,1-3,6-7,9H2. The molecule has 1 saturated carbocycles. The van der Waals surface area contributed by atoms with Crippen molar-refractivity contribution in [2.45, 2.75) is 42.5 Å². The summed E-state index contributed by atoms with van der Waals surface area (Å²) >= 11 is 0. The number of hydrogen-bond donors (Lipinski definition) is 2. The van der Waals surface area contributed by atoms with Crippen molar-refractivity contribution in [3.63, 3.8) is 0 Å². The third-order valence-electron chi connectivity index (χ3n) is 3.67. The fraction of sp³-hybridized carbons (Fsp3) is 0.538. The van der Waals surface area contributed by atoms with E-state index in [1.807, 2.05) is 0 Å². The van der Waals surface area contributed by atoms with Gasteiger partial charge in [-0.1, -0.05) is 19.3 Å². The number of benzene rings is 1. The highest BCUT2D eigenvalue weighted by Gasteiger charge is 2.36. The Bertz CT molecular complexity index is 583. The SMILES string of the molecule is O=S(=O)(NC1(CO)CCCCC1)c1ccc(F)c(F)c1. The number of sulfonamides is 1. The molecular formula is C13H17F2NO3S. The summed E-state index contributed by atoms with van der Waals surface area (Å²) in [7, 11) is -3.99. The first-order valence-corrected chi connectivity index (χ1v) is 7.97. The molecule has 7 heteroatoms. The van der Waals surface area contributed by atoms with Crippen LogP contribution in [-0.4, -0.2) is 25.7 Å². The maximum absolute atomic E-state index is 13.1. The predicted octanol–water partition coefficient (Wildman–Crippen LogP) is 1.94. The lowest BCUT2D eigenvalue weighted by Gasteiger charge is -2.36. The fourth-order valence-corrected chi connectivity index (χ4v) is 3.97. The molecule has 1 aliphatic carbocycles. The summed E-state index contributed by atoms with van der Waals surface area (Å²) in [5.74, 6) is -2.31. The van der Waals surface area contributed by atoms with E-state index in [-0.39, 0.29) is 11.5 Å². The van der Waals surface area contributed by atoms with Crippen molar-refractivity contribution >= 4 is 10.0 Å². The van der Waals surface area contributed by atoms with E-state index >= 15 is 0 Å². The molecule has 0 aliphatic heterocycles. The number of aliphatic hydroxyl groups excluding tert-OH is 1. The highest BCUT2D eigenvalue weighted by atomic mass is 32.2.